The second-order valence-electron chi connectivity index (χ2n) is 17.1. The van der Waals surface area contributed by atoms with Gasteiger partial charge in [-0.2, -0.15) is 0 Å². The first-order valence-corrected chi connectivity index (χ1v) is 23.7. The minimum absolute atomic E-state index is 0.253. The molecule has 6 aromatic carbocycles. The first-order valence-electron chi connectivity index (χ1n) is 23.7. The highest BCUT2D eigenvalue weighted by Crippen LogP contribution is 2.42. The van der Waals surface area contributed by atoms with E-state index in [2.05, 4.69) is 234 Å². The number of fused-ring (bicyclic) bond motifs is 4. The summed E-state index contributed by atoms with van der Waals surface area (Å²) in [5.41, 5.74) is 21.6. The molecule has 11 rings (SSSR count). The van der Waals surface area contributed by atoms with Crippen molar-refractivity contribution in [3.63, 3.8) is 0 Å². The number of rotatable bonds is 9. The van der Waals surface area contributed by atoms with Gasteiger partial charge in [0.25, 0.3) is 0 Å². The van der Waals surface area contributed by atoms with Crippen LogP contribution in [0.3, 0.4) is 0 Å². The van der Waals surface area contributed by atoms with Gasteiger partial charge in [-0.05, 0) is 138 Å². The Labute approximate surface area is 394 Å². The Morgan fingerprint density at radius 3 is 2.03 bits per heavy atom. The molecule has 5 heteroatoms. The summed E-state index contributed by atoms with van der Waals surface area (Å²) in [6.45, 7) is 14.9. The Kier molecular flexibility index (Phi) is 11.8. The number of hydrogen-bond donors (Lipinski definition) is 2. The summed E-state index contributed by atoms with van der Waals surface area (Å²) in [5, 5.41) is 9.86. The molecule has 0 saturated heterocycles. The lowest BCUT2D eigenvalue weighted by Gasteiger charge is -2.29. The van der Waals surface area contributed by atoms with E-state index in [1.54, 1.807) is 0 Å². The third-order valence-corrected chi connectivity index (χ3v) is 13.3. The molecule has 0 radical (unpaired) electrons. The fraction of sp³-hybridized carbons (Fsp3) is 0.129. The van der Waals surface area contributed by atoms with E-state index < -0.39 is 0 Å². The highest BCUT2D eigenvalue weighted by molar-refractivity contribution is 6.09. The highest BCUT2D eigenvalue weighted by Gasteiger charge is 2.34. The monoisotopic (exact) mass is 871 g/mol. The standard InChI is InChI=1S/C60H51N5.C2H6/c1-4-20-50-52-38-42(31-33-56(52)63(54(50)5-2)47-23-12-7-13-24-47)44-35-45(43-32-34-57-53(39-43)51-29-18-19-30-55(51)64(57)48-25-14-8-15-26-48)37-46(36-44)60-62-58(40(3)41-21-10-6-11-22-41)59(61)65(60)49-27-16-9-17-28-49;1-2/h4-10,12-21,23-25,27-39,48,60,62H,1,3,11,22,26,61H2,2H3;1-2H3/b50-20-,54-5+;. The number of aromatic nitrogens is 2. The van der Waals surface area contributed by atoms with E-state index >= 15 is 0 Å². The molecule has 2 aromatic heterocycles. The first-order chi connectivity index (χ1) is 33.0. The Morgan fingerprint density at radius 1 is 0.687 bits per heavy atom. The molecule has 3 heterocycles. The van der Waals surface area contributed by atoms with Crippen LogP contribution < -0.4 is 26.5 Å². The molecule has 1 aliphatic heterocycles. The summed E-state index contributed by atoms with van der Waals surface area (Å²) >= 11 is 0. The third kappa shape index (κ3) is 7.66. The molecule has 0 spiro atoms. The van der Waals surface area contributed by atoms with E-state index in [9.17, 15) is 0 Å². The molecule has 2 atom stereocenters. The Morgan fingerprint density at radius 2 is 1.36 bits per heavy atom. The summed E-state index contributed by atoms with van der Waals surface area (Å²) < 4.78 is 4.86. The van der Waals surface area contributed by atoms with Crippen LogP contribution in [0, 0.1) is 0 Å². The van der Waals surface area contributed by atoms with Crippen LogP contribution in [-0.2, 0) is 0 Å². The van der Waals surface area contributed by atoms with E-state index in [4.69, 9.17) is 5.73 Å². The van der Waals surface area contributed by atoms with Crippen molar-refractivity contribution in [3.8, 4) is 27.9 Å². The Bertz CT molecular complexity index is 3500. The third-order valence-electron chi connectivity index (χ3n) is 13.3. The molecule has 5 nitrogen and oxygen atoms in total. The zero-order valence-corrected chi connectivity index (χ0v) is 38.7. The number of para-hydroxylation sites is 3. The maximum atomic E-state index is 7.26. The van der Waals surface area contributed by atoms with Crippen LogP contribution in [0.2, 0.25) is 0 Å². The number of nitrogens with zero attached hydrogens (tertiary/aromatic N) is 3. The van der Waals surface area contributed by atoms with Crippen molar-refractivity contribution in [2.75, 3.05) is 4.90 Å². The van der Waals surface area contributed by atoms with Crippen molar-refractivity contribution in [1.29, 1.82) is 0 Å². The molecule has 3 aliphatic rings. The van der Waals surface area contributed by atoms with Crippen LogP contribution in [0.5, 0.6) is 0 Å². The van der Waals surface area contributed by atoms with Crippen LogP contribution >= 0.6 is 0 Å². The lowest BCUT2D eigenvalue weighted by atomic mass is 9.93. The van der Waals surface area contributed by atoms with Gasteiger partial charge in [0.05, 0.1) is 17.3 Å². The van der Waals surface area contributed by atoms with Gasteiger partial charge in [-0.1, -0.05) is 154 Å². The predicted molar refractivity (Wildman–Crippen MR) is 286 cm³/mol. The smallest absolute Gasteiger partial charge is 0.131 e. The average molecular weight is 872 g/mol. The fourth-order valence-corrected chi connectivity index (χ4v) is 10.3. The van der Waals surface area contributed by atoms with Gasteiger partial charge in [0.15, 0.2) is 0 Å². The topological polar surface area (TPSA) is 51.1 Å². The van der Waals surface area contributed by atoms with Crippen molar-refractivity contribution >= 4 is 50.5 Å². The van der Waals surface area contributed by atoms with Gasteiger partial charge >= 0.3 is 0 Å². The van der Waals surface area contributed by atoms with E-state index in [1.807, 2.05) is 19.9 Å². The van der Waals surface area contributed by atoms with Gasteiger partial charge in [0, 0.05) is 49.1 Å². The highest BCUT2D eigenvalue weighted by atomic mass is 15.4. The molecule has 330 valence electrons. The molecular formula is C62H57N5. The molecule has 0 amide bonds. The van der Waals surface area contributed by atoms with Gasteiger partial charge in [0.2, 0.25) is 0 Å². The van der Waals surface area contributed by atoms with Gasteiger partial charge in [-0.25, -0.2) is 0 Å². The number of allylic oxidation sites excluding steroid dienone is 9. The number of hydrogen-bond acceptors (Lipinski definition) is 3. The first kappa shape index (κ1) is 42.9. The van der Waals surface area contributed by atoms with Crippen molar-refractivity contribution < 1.29 is 0 Å². The molecule has 0 bridgehead atoms. The predicted octanol–water partition coefficient (Wildman–Crippen LogP) is 14.0. The van der Waals surface area contributed by atoms with Crippen molar-refractivity contribution in [2.24, 2.45) is 5.73 Å². The fourth-order valence-electron chi connectivity index (χ4n) is 10.3. The Hall–Kier alpha value is -8.02. The zero-order chi connectivity index (χ0) is 46.0. The average Bonchev–Trinajstić information content (AvgIpc) is 4.04. The maximum absolute atomic E-state index is 7.26. The molecular weight excluding hydrogens is 815 g/mol. The second-order valence-corrected chi connectivity index (χ2v) is 17.1. The maximum Gasteiger partial charge on any atom is 0.131 e. The number of nitrogens with two attached hydrogens (primary N) is 1. The van der Waals surface area contributed by atoms with Gasteiger partial charge in [0.1, 0.15) is 12.0 Å². The molecule has 67 heavy (non-hydrogen) atoms. The Balaban J connectivity index is 0.00000259. The van der Waals surface area contributed by atoms with E-state index in [1.165, 1.54) is 27.4 Å². The second kappa shape index (κ2) is 18.5. The van der Waals surface area contributed by atoms with Crippen LogP contribution in [0.1, 0.15) is 57.8 Å². The largest absolute Gasteiger partial charge is 0.383 e. The van der Waals surface area contributed by atoms with Gasteiger partial charge in [-0.3, -0.25) is 0 Å². The minimum Gasteiger partial charge on any atom is -0.383 e. The minimum atomic E-state index is -0.312. The van der Waals surface area contributed by atoms with Crippen molar-refractivity contribution in [3.05, 3.63) is 240 Å². The van der Waals surface area contributed by atoms with Crippen molar-refractivity contribution in [1.82, 2.24) is 14.5 Å². The molecule has 2 aliphatic carbocycles. The molecule has 0 saturated carbocycles. The molecule has 3 N–H and O–H groups in total. The molecule has 2 unspecified atom stereocenters. The van der Waals surface area contributed by atoms with E-state index in [0.717, 1.165) is 91.2 Å². The lowest BCUT2D eigenvalue weighted by Crippen LogP contribution is -2.31. The van der Waals surface area contributed by atoms with Crippen LogP contribution in [-0.4, -0.2) is 9.13 Å². The summed E-state index contributed by atoms with van der Waals surface area (Å²) in [7, 11) is 0. The van der Waals surface area contributed by atoms with Crippen molar-refractivity contribution in [2.45, 2.75) is 52.2 Å². The van der Waals surface area contributed by atoms with E-state index in [0.29, 0.717) is 5.82 Å². The zero-order valence-electron chi connectivity index (χ0n) is 38.7. The number of anilines is 1. The number of benzene rings is 6. The van der Waals surface area contributed by atoms with Crippen LogP contribution in [0.25, 0.3) is 72.8 Å². The number of nitrogens with one attached hydrogen (secondary N) is 1. The van der Waals surface area contributed by atoms with Gasteiger partial charge in [-0.15, -0.1) is 0 Å². The summed E-state index contributed by atoms with van der Waals surface area (Å²) in [6, 6.07) is 51.1. The molecule has 8 aromatic rings. The summed E-state index contributed by atoms with van der Waals surface area (Å²) in [6.07, 6.45) is 24.2. The van der Waals surface area contributed by atoms with Crippen LogP contribution in [0.4, 0.5) is 5.69 Å². The van der Waals surface area contributed by atoms with Crippen LogP contribution in [0.15, 0.2) is 224 Å². The lowest BCUT2D eigenvalue weighted by molar-refractivity contribution is 0.646. The normalized spacial score (nSPS) is 17.3. The van der Waals surface area contributed by atoms with E-state index in [-0.39, 0.29) is 12.2 Å². The summed E-state index contributed by atoms with van der Waals surface area (Å²) in [4.78, 5) is 2.23. The summed E-state index contributed by atoms with van der Waals surface area (Å²) in [5.74, 6) is 0.658. The SMILES string of the molecule is C=C/C=c1\c(=C/C)n(-c2ccccc2)c2ccc(-c3cc(-c4ccc5c(c4)c4ccccc4n5C4C=CC=CC4)cc(C4NC(C(=C)C5=CC=CCC5)=C(N)N4c4ccccc4)c3)cc12.CC. The molecule has 0 fully saturated rings. The quantitative estimate of drug-likeness (QED) is 0.152. The van der Waals surface area contributed by atoms with Gasteiger partial charge < -0.3 is 25.1 Å².